The third kappa shape index (κ3) is 3.78. The Labute approximate surface area is 136 Å². The summed E-state index contributed by atoms with van der Waals surface area (Å²) in [6.45, 7) is 3.28. The van der Waals surface area contributed by atoms with E-state index in [-0.39, 0.29) is 30.1 Å². The predicted octanol–water partition coefficient (Wildman–Crippen LogP) is 1.43. The first-order chi connectivity index (χ1) is 10.2. The first kappa shape index (κ1) is 16.8. The Morgan fingerprint density at radius 2 is 1.95 bits per heavy atom. The molecule has 1 fully saturated rings. The zero-order valence-electron chi connectivity index (χ0n) is 12.5. The van der Waals surface area contributed by atoms with E-state index in [1.807, 2.05) is 29.2 Å². The quantitative estimate of drug-likeness (QED) is 0.884. The fourth-order valence-electron chi connectivity index (χ4n) is 3.02. The molecule has 3 rings (SSSR count). The zero-order valence-corrected chi connectivity index (χ0v) is 13.3. The van der Waals surface area contributed by atoms with Crippen LogP contribution in [-0.4, -0.2) is 42.9 Å². The Morgan fingerprint density at radius 3 is 2.73 bits per heavy atom. The molecule has 6 heteroatoms. The molecule has 0 aliphatic carbocycles. The van der Waals surface area contributed by atoms with E-state index in [9.17, 15) is 9.59 Å². The number of benzene rings is 1. The number of hydrogen-bond acceptors (Lipinski definition) is 3. The monoisotopic (exact) mass is 323 g/mol. The Hall–Kier alpha value is -1.59. The molecule has 0 spiro atoms. The molecule has 1 aromatic carbocycles. The van der Waals surface area contributed by atoms with Crippen molar-refractivity contribution in [2.24, 2.45) is 5.92 Å². The number of hydrogen-bond donors (Lipinski definition) is 2. The van der Waals surface area contributed by atoms with Crippen molar-refractivity contribution in [3.8, 4) is 0 Å². The number of para-hydroxylation sites is 1. The summed E-state index contributed by atoms with van der Waals surface area (Å²) in [4.78, 5) is 26.2. The molecule has 1 aromatic rings. The number of amides is 2. The second-order valence-electron chi connectivity index (χ2n) is 5.72. The highest BCUT2D eigenvalue weighted by Gasteiger charge is 2.27. The summed E-state index contributed by atoms with van der Waals surface area (Å²) in [5, 5.41) is 6.17. The third-order valence-corrected chi connectivity index (χ3v) is 4.29. The fourth-order valence-corrected chi connectivity index (χ4v) is 3.02. The van der Waals surface area contributed by atoms with Crippen molar-refractivity contribution in [1.82, 2.24) is 10.2 Å². The minimum absolute atomic E-state index is 0. The first-order valence-corrected chi connectivity index (χ1v) is 7.61. The Balaban J connectivity index is 0.00000176. The van der Waals surface area contributed by atoms with Gasteiger partial charge in [0.2, 0.25) is 11.8 Å². The van der Waals surface area contributed by atoms with Gasteiger partial charge in [0, 0.05) is 44.2 Å². The van der Waals surface area contributed by atoms with Crippen LogP contribution in [-0.2, 0) is 16.0 Å². The van der Waals surface area contributed by atoms with Gasteiger partial charge in [-0.3, -0.25) is 9.59 Å². The van der Waals surface area contributed by atoms with E-state index in [4.69, 9.17) is 0 Å². The van der Waals surface area contributed by atoms with Crippen molar-refractivity contribution in [3.63, 3.8) is 0 Å². The van der Waals surface area contributed by atoms with Crippen LogP contribution in [0.3, 0.4) is 0 Å². The van der Waals surface area contributed by atoms with Gasteiger partial charge in [-0.2, -0.15) is 0 Å². The number of anilines is 1. The summed E-state index contributed by atoms with van der Waals surface area (Å²) in [6.07, 6.45) is 1.82. The largest absolute Gasteiger partial charge is 0.340 e. The molecule has 0 aromatic heterocycles. The second kappa shape index (κ2) is 7.61. The maximum absolute atomic E-state index is 12.2. The zero-order chi connectivity index (χ0) is 14.7. The van der Waals surface area contributed by atoms with Crippen LogP contribution in [0.1, 0.15) is 18.4 Å². The molecule has 22 heavy (non-hydrogen) atoms. The van der Waals surface area contributed by atoms with Gasteiger partial charge in [0.25, 0.3) is 0 Å². The maximum Gasteiger partial charge on any atom is 0.227 e. The van der Waals surface area contributed by atoms with Crippen LogP contribution in [0.2, 0.25) is 0 Å². The molecular formula is C16H22ClN3O2. The summed E-state index contributed by atoms with van der Waals surface area (Å²) in [5.74, 6) is 0.122. The van der Waals surface area contributed by atoms with Gasteiger partial charge in [0.1, 0.15) is 0 Å². The molecule has 0 bridgehead atoms. The number of carbonyl (C=O) groups excluding carboxylic acids is 2. The number of fused-ring (bicyclic) bond motifs is 1. The van der Waals surface area contributed by atoms with Crippen molar-refractivity contribution in [2.45, 2.75) is 19.3 Å². The molecule has 1 saturated heterocycles. The van der Waals surface area contributed by atoms with Crippen LogP contribution >= 0.6 is 12.4 Å². The molecular weight excluding hydrogens is 302 g/mol. The summed E-state index contributed by atoms with van der Waals surface area (Å²) in [6, 6.07) is 7.88. The van der Waals surface area contributed by atoms with Crippen LogP contribution in [0.15, 0.2) is 24.3 Å². The predicted molar refractivity (Wildman–Crippen MR) is 88.2 cm³/mol. The van der Waals surface area contributed by atoms with E-state index in [0.717, 1.165) is 43.9 Å². The van der Waals surface area contributed by atoms with Crippen molar-refractivity contribution < 1.29 is 9.59 Å². The Kier molecular flexibility index (Phi) is 5.80. The van der Waals surface area contributed by atoms with Gasteiger partial charge in [-0.25, -0.2) is 0 Å². The van der Waals surface area contributed by atoms with Gasteiger partial charge in [0.15, 0.2) is 0 Å². The van der Waals surface area contributed by atoms with E-state index in [1.165, 1.54) is 0 Å². The van der Waals surface area contributed by atoms with Crippen LogP contribution in [0, 0.1) is 5.92 Å². The third-order valence-electron chi connectivity index (χ3n) is 4.29. The molecule has 0 radical (unpaired) electrons. The van der Waals surface area contributed by atoms with Gasteiger partial charge in [-0.15, -0.1) is 12.4 Å². The molecule has 5 nitrogen and oxygen atoms in total. The number of halogens is 1. The van der Waals surface area contributed by atoms with Gasteiger partial charge < -0.3 is 15.5 Å². The van der Waals surface area contributed by atoms with Crippen LogP contribution in [0.5, 0.6) is 0 Å². The standard InChI is InChI=1S/C16H21N3O2.ClH/c20-15(19-9-7-17-8-10-19)6-5-13-11-12-3-1-2-4-14(12)18-16(13)21;/h1-4,13,17H,5-11H2,(H,18,21);1H. The number of nitrogens with zero attached hydrogens (tertiary/aromatic N) is 1. The first-order valence-electron chi connectivity index (χ1n) is 7.61. The summed E-state index contributed by atoms with van der Waals surface area (Å²) >= 11 is 0. The van der Waals surface area contributed by atoms with Crippen molar-refractivity contribution in [1.29, 1.82) is 0 Å². The van der Waals surface area contributed by atoms with Gasteiger partial charge >= 0.3 is 0 Å². The fraction of sp³-hybridized carbons (Fsp3) is 0.500. The average Bonchev–Trinajstić information content (AvgIpc) is 2.53. The maximum atomic E-state index is 12.2. The summed E-state index contributed by atoms with van der Waals surface area (Å²) < 4.78 is 0. The van der Waals surface area contributed by atoms with Crippen molar-refractivity contribution in [2.75, 3.05) is 31.5 Å². The van der Waals surface area contributed by atoms with Crippen molar-refractivity contribution in [3.05, 3.63) is 29.8 Å². The SMILES string of the molecule is Cl.O=C1Nc2ccccc2CC1CCC(=O)N1CCNCC1. The molecule has 2 aliphatic rings. The van der Waals surface area contributed by atoms with E-state index < -0.39 is 0 Å². The lowest BCUT2D eigenvalue weighted by atomic mass is 9.89. The molecule has 2 heterocycles. The Morgan fingerprint density at radius 1 is 1.23 bits per heavy atom. The Bertz CT molecular complexity index is 544. The molecule has 0 saturated carbocycles. The lowest BCUT2D eigenvalue weighted by Crippen LogP contribution is -2.46. The molecule has 120 valence electrons. The number of nitrogens with one attached hydrogen (secondary N) is 2. The average molecular weight is 324 g/mol. The van der Waals surface area contributed by atoms with Gasteiger partial charge in [0.05, 0.1) is 0 Å². The molecule has 1 atom stereocenters. The highest BCUT2D eigenvalue weighted by Crippen LogP contribution is 2.27. The van der Waals surface area contributed by atoms with E-state index in [0.29, 0.717) is 12.8 Å². The highest BCUT2D eigenvalue weighted by molar-refractivity contribution is 5.96. The molecule has 1 unspecified atom stereocenters. The van der Waals surface area contributed by atoms with E-state index in [1.54, 1.807) is 0 Å². The van der Waals surface area contributed by atoms with E-state index in [2.05, 4.69) is 10.6 Å². The normalized spacial score (nSPS) is 20.6. The van der Waals surface area contributed by atoms with Gasteiger partial charge in [-0.05, 0) is 24.5 Å². The van der Waals surface area contributed by atoms with Crippen LogP contribution < -0.4 is 10.6 Å². The molecule has 2 amide bonds. The summed E-state index contributed by atoms with van der Waals surface area (Å²) in [5.41, 5.74) is 2.07. The lowest BCUT2D eigenvalue weighted by molar-refractivity contribution is -0.132. The summed E-state index contributed by atoms with van der Waals surface area (Å²) in [7, 11) is 0. The van der Waals surface area contributed by atoms with Gasteiger partial charge in [-0.1, -0.05) is 18.2 Å². The van der Waals surface area contributed by atoms with Crippen molar-refractivity contribution >= 4 is 29.9 Å². The minimum atomic E-state index is -0.0910. The molecule has 2 aliphatic heterocycles. The van der Waals surface area contributed by atoms with Crippen LogP contribution in [0.25, 0.3) is 0 Å². The van der Waals surface area contributed by atoms with E-state index >= 15 is 0 Å². The number of carbonyl (C=O) groups is 2. The highest BCUT2D eigenvalue weighted by atomic mass is 35.5. The smallest absolute Gasteiger partial charge is 0.227 e. The molecule has 2 N–H and O–H groups in total. The lowest BCUT2D eigenvalue weighted by Gasteiger charge is -2.29. The number of piperazine rings is 1. The second-order valence-corrected chi connectivity index (χ2v) is 5.72. The minimum Gasteiger partial charge on any atom is -0.340 e. The topological polar surface area (TPSA) is 61.4 Å². The number of rotatable bonds is 3. The van der Waals surface area contributed by atoms with Crippen LogP contribution in [0.4, 0.5) is 5.69 Å².